The van der Waals surface area contributed by atoms with E-state index in [1.54, 1.807) is 22.8 Å². The quantitative estimate of drug-likeness (QED) is 0.673. The van der Waals surface area contributed by atoms with E-state index in [-0.39, 0.29) is 29.9 Å². The predicted molar refractivity (Wildman–Crippen MR) is 114 cm³/mol. The van der Waals surface area contributed by atoms with Gasteiger partial charge >= 0.3 is 0 Å². The summed E-state index contributed by atoms with van der Waals surface area (Å²) < 4.78 is 15.4. The smallest absolute Gasteiger partial charge is 0.271 e. The van der Waals surface area contributed by atoms with Crippen LogP contribution in [0.5, 0.6) is 0 Å². The first kappa shape index (κ1) is 19.9. The number of anilines is 1. The number of carbonyl (C=O) groups is 1. The Balaban J connectivity index is 1.40. The molecule has 8 heteroatoms. The van der Waals surface area contributed by atoms with Crippen LogP contribution in [0.25, 0.3) is 5.65 Å². The van der Waals surface area contributed by atoms with E-state index in [1.165, 1.54) is 6.07 Å². The fourth-order valence-corrected chi connectivity index (χ4v) is 4.75. The monoisotopic (exact) mass is 423 g/mol. The number of amides is 1. The number of carbonyl (C=O) groups excluding carboxylic acids is 1. The van der Waals surface area contributed by atoms with Crippen LogP contribution in [0.3, 0.4) is 0 Å². The van der Waals surface area contributed by atoms with Crippen LogP contribution >= 0.6 is 0 Å². The van der Waals surface area contributed by atoms with E-state index < -0.39 is 0 Å². The molecule has 1 amide bonds. The third-order valence-electron chi connectivity index (χ3n) is 6.39. The lowest BCUT2D eigenvalue weighted by atomic mass is 9.93. The summed E-state index contributed by atoms with van der Waals surface area (Å²) in [6.07, 6.45) is 6.15. The van der Waals surface area contributed by atoms with Crippen molar-refractivity contribution >= 4 is 17.4 Å². The van der Waals surface area contributed by atoms with E-state index in [1.807, 2.05) is 18.2 Å². The molecule has 1 aliphatic heterocycles. The molecule has 31 heavy (non-hydrogen) atoms. The number of hydrogen-bond donors (Lipinski definition) is 2. The summed E-state index contributed by atoms with van der Waals surface area (Å²) in [5, 5.41) is 17.5. The summed E-state index contributed by atoms with van der Waals surface area (Å²) in [5.41, 5.74) is 1.93. The zero-order valence-corrected chi connectivity index (χ0v) is 17.2. The minimum atomic E-state index is -0.264. The van der Waals surface area contributed by atoms with Crippen molar-refractivity contribution in [3.05, 3.63) is 59.7 Å². The standard InChI is InChI=1S/C23H26FN5O2/c24-16-4-1-3-15(13-16)19-5-2-12-28(19)22-11-10-21-25-14-20(29(21)27-22)23(31)26-17-6-8-18(30)9-7-17/h1,3-4,10-11,13-14,17-19,30H,2,5-9,12H2,(H,26,31). The van der Waals surface area contributed by atoms with Gasteiger partial charge in [-0.25, -0.2) is 13.9 Å². The Kier molecular flexibility index (Phi) is 5.31. The molecule has 2 fully saturated rings. The van der Waals surface area contributed by atoms with Crippen molar-refractivity contribution in [2.75, 3.05) is 11.4 Å². The number of nitrogens with one attached hydrogen (secondary N) is 1. The Labute approximate surface area is 179 Å². The largest absolute Gasteiger partial charge is 0.393 e. The van der Waals surface area contributed by atoms with Gasteiger partial charge in [-0.3, -0.25) is 4.79 Å². The summed E-state index contributed by atoms with van der Waals surface area (Å²) in [4.78, 5) is 19.4. The van der Waals surface area contributed by atoms with Crippen molar-refractivity contribution in [3.63, 3.8) is 0 Å². The number of hydrogen-bond acceptors (Lipinski definition) is 5. The number of benzene rings is 1. The molecular weight excluding hydrogens is 397 g/mol. The molecule has 7 nitrogen and oxygen atoms in total. The molecule has 0 spiro atoms. The molecule has 1 saturated carbocycles. The number of aromatic nitrogens is 3. The van der Waals surface area contributed by atoms with Gasteiger partial charge in [0.15, 0.2) is 11.3 Å². The first-order chi connectivity index (χ1) is 15.1. The van der Waals surface area contributed by atoms with Gasteiger partial charge in [-0.15, -0.1) is 5.10 Å². The summed E-state index contributed by atoms with van der Waals surface area (Å²) in [6.45, 7) is 0.820. The molecule has 1 aromatic carbocycles. The lowest BCUT2D eigenvalue weighted by Crippen LogP contribution is -2.39. The highest BCUT2D eigenvalue weighted by Gasteiger charge is 2.28. The average Bonchev–Trinajstić information content (AvgIpc) is 3.42. The maximum Gasteiger partial charge on any atom is 0.271 e. The van der Waals surface area contributed by atoms with Crippen molar-refractivity contribution in [2.45, 2.75) is 56.7 Å². The van der Waals surface area contributed by atoms with Gasteiger partial charge in [0.05, 0.1) is 18.3 Å². The van der Waals surface area contributed by atoms with E-state index in [2.05, 4.69) is 15.2 Å². The van der Waals surface area contributed by atoms with Gasteiger partial charge in [-0.2, -0.15) is 0 Å². The number of imidazole rings is 1. The van der Waals surface area contributed by atoms with Crippen molar-refractivity contribution in [1.29, 1.82) is 0 Å². The van der Waals surface area contributed by atoms with Crippen LogP contribution in [0.15, 0.2) is 42.6 Å². The maximum absolute atomic E-state index is 13.8. The first-order valence-electron chi connectivity index (χ1n) is 10.9. The molecule has 0 radical (unpaired) electrons. The van der Waals surface area contributed by atoms with Gasteiger partial charge < -0.3 is 15.3 Å². The zero-order valence-electron chi connectivity index (χ0n) is 17.2. The van der Waals surface area contributed by atoms with Crippen LogP contribution in [-0.2, 0) is 0 Å². The molecule has 2 aliphatic rings. The van der Waals surface area contributed by atoms with Gasteiger partial charge in [0.1, 0.15) is 11.6 Å². The zero-order chi connectivity index (χ0) is 21.4. The molecule has 1 aliphatic carbocycles. The van der Waals surface area contributed by atoms with E-state index >= 15 is 0 Å². The summed E-state index contributed by atoms with van der Waals surface area (Å²) in [5.74, 6) is 0.297. The lowest BCUT2D eigenvalue weighted by molar-refractivity contribution is 0.0861. The van der Waals surface area contributed by atoms with Gasteiger partial charge in [-0.05, 0) is 68.4 Å². The fourth-order valence-electron chi connectivity index (χ4n) is 4.75. The Morgan fingerprint density at radius 1 is 1.13 bits per heavy atom. The molecule has 5 rings (SSSR count). The van der Waals surface area contributed by atoms with E-state index in [4.69, 9.17) is 5.10 Å². The number of halogens is 1. The first-order valence-corrected chi connectivity index (χ1v) is 10.9. The van der Waals surface area contributed by atoms with Crippen LogP contribution in [0.4, 0.5) is 10.2 Å². The van der Waals surface area contributed by atoms with Gasteiger partial charge in [-0.1, -0.05) is 12.1 Å². The molecule has 0 bridgehead atoms. The van der Waals surface area contributed by atoms with Crippen LogP contribution in [0, 0.1) is 5.82 Å². The molecule has 1 atom stereocenters. The van der Waals surface area contributed by atoms with Crippen molar-refractivity contribution in [2.24, 2.45) is 0 Å². The minimum absolute atomic E-state index is 0.0510. The summed E-state index contributed by atoms with van der Waals surface area (Å²) in [7, 11) is 0. The normalized spacial score (nSPS) is 23.9. The summed E-state index contributed by atoms with van der Waals surface area (Å²) in [6, 6.07) is 10.6. The highest BCUT2D eigenvalue weighted by molar-refractivity contribution is 5.93. The van der Waals surface area contributed by atoms with E-state index in [9.17, 15) is 14.3 Å². The fraction of sp³-hybridized carbons (Fsp3) is 0.435. The second-order valence-electron chi connectivity index (χ2n) is 8.49. The van der Waals surface area contributed by atoms with Crippen molar-refractivity contribution in [1.82, 2.24) is 19.9 Å². The Morgan fingerprint density at radius 2 is 1.97 bits per heavy atom. The van der Waals surface area contributed by atoms with Crippen LogP contribution in [-0.4, -0.2) is 44.3 Å². The molecule has 1 unspecified atom stereocenters. The van der Waals surface area contributed by atoms with Gasteiger partial charge in [0.2, 0.25) is 0 Å². The SMILES string of the molecule is O=C(NC1CCC(O)CC1)c1cnc2ccc(N3CCCC3c3cccc(F)c3)nn12. The van der Waals surface area contributed by atoms with E-state index in [0.29, 0.717) is 24.2 Å². The Bertz CT molecular complexity index is 1090. The maximum atomic E-state index is 13.8. The molecule has 3 heterocycles. The van der Waals surface area contributed by atoms with Gasteiger partial charge in [0, 0.05) is 12.6 Å². The van der Waals surface area contributed by atoms with E-state index in [0.717, 1.165) is 43.6 Å². The molecule has 2 aromatic heterocycles. The highest BCUT2D eigenvalue weighted by atomic mass is 19.1. The predicted octanol–water partition coefficient (Wildman–Crippen LogP) is 3.24. The molecule has 3 aromatic rings. The number of nitrogens with zero attached hydrogens (tertiary/aromatic N) is 4. The van der Waals surface area contributed by atoms with Crippen molar-refractivity contribution < 1.29 is 14.3 Å². The molecular formula is C23H26FN5O2. The number of aliphatic hydroxyl groups is 1. The second-order valence-corrected chi connectivity index (χ2v) is 8.49. The second kappa shape index (κ2) is 8.26. The Morgan fingerprint density at radius 3 is 2.77 bits per heavy atom. The third-order valence-corrected chi connectivity index (χ3v) is 6.39. The van der Waals surface area contributed by atoms with Gasteiger partial charge in [0.25, 0.3) is 5.91 Å². The van der Waals surface area contributed by atoms with Crippen LogP contribution in [0.2, 0.25) is 0 Å². The minimum Gasteiger partial charge on any atom is -0.393 e. The number of rotatable bonds is 4. The molecule has 162 valence electrons. The topological polar surface area (TPSA) is 82.8 Å². The average molecular weight is 423 g/mol. The number of fused-ring (bicyclic) bond motifs is 1. The van der Waals surface area contributed by atoms with Crippen molar-refractivity contribution in [3.8, 4) is 0 Å². The lowest BCUT2D eigenvalue weighted by Gasteiger charge is -2.26. The Hall–Kier alpha value is -3.00. The van der Waals surface area contributed by atoms with Crippen LogP contribution < -0.4 is 10.2 Å². The van der Waals surface area contributed by atoms with Crippen LogP contribution in [0.1, 0.15) is 60.6 Å². The highest BCUT2D eigenvalue weighted by Crippen LogP contribution is 2.35. The number of aliphatic hydroxyl groups excluding tert-OH is 1. The summed E-state index contributed by atoms with van der Waals surface area (Å²) >= 11 is 0. The third kappa shape index (κ3) is 3.99. The molecule has 2 N–H and O–H groups in total. The molecule has 1 saturated heterocycles.